The van der Waals surface area contributed by atoms with Gasteiger partial charge in [-0.1, -0.05) is 5.16 Å². The van der Waals surface area contributed by atoms with Gasteiger partial charge in [0, 0.05) is 7.05 Å². The van der Waals surface area contributed by atoms with Crippen LogP contribution in [0, 0.1) is 5.82 Å². The summed E-state index contributed by atoms with van der Waals surface area (Å²) in [6, 6.07) is 2.36. The van der Waals surface area contributed by atoms with Crippen LogP contribution in [0.2, 0.25) is 0 Å². The normalized spacial score (nSPS) is 13.2. The number of phenols is 1. The van der Waals surface area contributed by atoms with Gasteiger partial charge in [-0.25, -0.2) is 4.39 Å². The van der Waals surface area contributed by atoms with E-state index >= 15 is 0 Å². The molecule has 6 nitrogen and oxygen atoms in total. The van der Waals surface area contributed by atoms with Crippen molar-refractivity contribution in [2.45, 2.75) is 13.0 Å². The highest BCUT2D eigenvalue weighted by molar-refractivity contribution is 5.99. The third-order valence-corrected chi connectivity index (χ3v) is 2.63. The van der Waals surface area contributed by atoms with Crippen molar-refractivity contribution >= 4 is 11.7 Å². The number of hydrogen-bond donors (Lipinski definition) is 3. The van der Waals surface area contributed by atoms with Crippen LogP contribution >= 0.6 is 0 Å². The first-order valence-corrected chi connectivity index (χ1v) is 5.11. The second-order valence-corrected chi connectivity index (χ2v) is 3.78. The molecule has 1 unspecified atom stereocenters. The van der Waals surface area contributed by atoms with Crippen LogP contribution in [0.3, 0.4) is 0 Å². The number of carbonyl (C=O) groups excluding carboxylic acids is 1. The Bertz CT molecular complexity index is 490. The minimum Gasteiger partial charge on any atom is -0.507 e. The Morgan fingerprint density at radius 1 is 1.56 bits per heavy atom. The van der Waals surface area contributed by atoms with Gasteiger partial charge >= 0.3 is 0 Å². The van der Waals surface area contributed by atoms with Gasteiger partial charge in [0.2, 0.25) is 0 Å². The predicted molar refractivity (Wildman–Crippen MR) is 63.0 cm³/mol. The van der Waals surface area contributed by atoms with Crippen LogP contribution in [0.1, 0.15) is 17.3 Å². The highest BCUT2D eigenvalue weighted by Gasteiger charge is 2.23. The van der Waals surface area contributed by atoms with Crippen molar-refractivity contribution in [3.63, 3.8) is 0 Å². The van der Waals surface area contributed by atoms with E-state index in [0.717, 1.165) is 23.1 Å². The molecule has 0 spiro atoms. The number of oxime groups is 1. The largest absolute Gasteiger partial charge is 0.507 e. The lowest BCUT2D eigenvalue weighted by Gasteiger charge is -2.24. The summed E-state index contributed by atoms with van der Waals surface area (Å²) < 4.78 is 13.0. The molecule has 1 rings (SSSR count). The minimum atomic E-state index is -0.690. The Morgan fingerprint density at radius 2 is 2.17 bits per heavy atom. The van der Waals surface area contributed by atoms with E-state index in [0.29, 0.717) is 0 Å². The third-order valence-electron chi connectivity index (χ3n) is 2.63. The number of benzene rings is 1. The number of phenolic OH excluding ortho intramolecular Hbond substituents is 1. The van der Waals surface area contributed by atoms with Crippen LogP contribution in [0.15, 0.2) is 23.4 Å². The molecule has 0 aliphatic rings. The number of nitrogens with zero attached hydrogens (tertiary/aromatic N) is 2. The summed E-state index contributed by atoms with van der Waals surface area (Å²) in [7, 11) is 1.40. The van der Waals surface area contributed by atoms with Crippen LogP contribution in [0.5, 0.6) is 5.75 Å². The van der Waals surface area contributed by atoms with Gasteiger partial charge in [0.15, 0.2) is 5.84 Å². The summed E-state index contributed by atoms with van der Waals surface area (Å²) in [6.07, 6.45) is 0. The minimum absolute atomic E-state index is 0.165. The van der Waals surface area contributed by atoms with Gasteiger partial charge < -0.3 is 20.9 Å². The number of aromatic hydroxyl groups is 1. The summed E-state index contributed by atoms with van der Waals surface area (Å²) in [6.45, 7) is 1.53. The molecule has 1 aromatic carbocycles. The molecule has 0 bridgehead atoms. The number of likely N-dealkylation sites (N-methyl/N-ethyl adjacent to an activating group) is 1. The van der Waals surface area contributed by atoms with Gasteiger partial charge in [0.05, 0.1) is 11.6 Å². The van der Waals surface area contributed by atoms with E-state index in [-0.39, 0.29) is 17.1 Å². The molecule has 1 aromatic rings. The van der Waals surface area contributed by atoms with E-state index in [1.165, 1.54) is 14.0 Å². The van der Waals surface area contributed by atoms with E-state index in [1.807, 2.05) is 0 Å². The molecule has 0 saturated carbocycles. The van der Waals surface area contributed by atoms with Gasteiger partial charge in [0.25, 0.3) is 5.91 Å². The summed E-state index contributed by atoms with van der Waals surface area (Å²) in [5, 5.41) is 20.8. The average Bonchev–Trinajstić information content (AvgIpc) is 2.38. The summed E-state index contributed by atoms with van der Waals surface area (Å²) in [5.74, 6) is -1.77. The average molecular weight is 255 g/mol. The molecule has 98 valence electrons. The fraction of sp³-hybridized carbons (Fsp3) is 0.273. The predicted octanol–water partition coefficient (Wildman–Crippen LogP) is 0.738. The monoisotopic (exact) mass is 255 g/mol. The molecule has 1 amide bonds. The van der Waals surface area contributed by atoms with Gasteiger partial charge in [-0.2, -0.15) is 0 Å². The second-order valence-electron chi connectivity index (χ2n) is 3.78. The van der Waals surface area contributed by atoms with Crippen molar-refractivity contribution in [3.05, 3.63) is 29.6 Å². The van der Waals surface area contributed by atoms with Crippen LogP contribution in [-0.2, 0) is 0 Å². The Balaban J connectivity index is 3.03. The van der Waals surface area contributed by atoms with Crippen molar-refractivity contribution in [1.82, 2.24) is 4.90 Å². The van der Waals surface area contributed by atoms with E-state index in [1.54, 1.807) is 0 Å². The third kappa shape index (κ3) is 2.68. The fourth-order valence-electron chi connectivity index (χ4n) is 1.33. The van der Waals surface area contributed by atoms with Gasteiger partial charge in [-0.15, -0.1) is 0 Å². The summed E-state index contributed by atoms with van der Waals surface area (Å²) in [5.41, 5.74) is 5.19. The molecule has 0 aliphatic heterocycles. The number of amides is 1. The molecule has 0 aromatic heterocycles. The first kappa shape index (κ1) is 13.8. The topological polar surface area (TPSA) is 99.2 Å². The molecule has 0 radical (unpaired) electrons. The summed E-state index contributed by atoms with van der Waals surface area (Å²) in [4.78, 5) is 13.1. The van der Waals surface area contributed by atoms with Crippen molar-refractivity contribution < 1.29 is 19.5 Å². The molecule has 0 saturated heterocycles. The summed E-state index contributed by atoms with van der Waals surface area (Å²) >= 11 is 0. The smallest absolute Gasteiger partial charge is 0.258 e. The fourth-order valence-corrected chi connectivity index (χ4v) is 1.33. The lowest BCUT2D eigenvalue weighted by atomic mass is 10.1. The Hall–Kier alpha value is -2.31. The number of halogens is 1. The Morgan fingerprint density at radius 3 is 2.72 bits per heavy atom. The van der Waals surface area contributed by atoms with Crippen LogP contribution in [-0.4, -0.2) is 40.0 Å². The molecule has 18 heavy (non-hydrogen) atoms. The molecule has 0 aliphatic carbocycles. The number of hydrogen-bond acceptors (Lipinski definition) is 4. The van der Waals surface area contributed by atoms with Crippen LogP contribution < -0.4 is 5.73 Å². The molecule has 1 atom stereocenters. The number of rotatable bonds is 3. The highest BCUT2D eigenvalue weighted by atomic mass is 19.1. The molecule has 0 fully saturated rings. The number of carbonyl (C=O) groups is 1. The number of nitrogens with two attached hydrogens (primary N) is 1. The molecule has 7 heteroatoms. The highest BCUT2D eigenvalue weighted by Crippen LogP contribution is 2.20. The zero-order valence-corrected chi connectivity index (χ0v) is 9.96. The maximum Gasteiger partial charge on any atom is 0.258 e. The van der Waals surface area contributed by atoms with E-state index in [9.17, 15) is 14.3 Å². The second kappa shape index (κ2) is 5.35. The van der Waals surface area contributed by atoms with Crippen molar-refractivity contribution in [2.24, 2.45) is 10.9 Å². The van der Waals surface area contributed by atoms with E-state index in [2.05, 4.69) is 5.16 Å². The molecule has 4 N–H and O–H groups in total. The van der Waals surface area contributed by atoms with Gasteiger partial charge in [-0.3, -0.25) is 4.79 Å². The quantitative estimate of drug-likeness (QED) is 0.321. The SMILES string of the molecule is CC(/C(N)=N/O)N(C)C(=O)c1cc(F)ccc1O. The Kier molecular flexibility index (Phi) is 4.09. The maximum atomic E-state index is 13.0. The molecular formula is C11H14FN3O3. The van der Waals surface area contributed by atoms with E-state index in [4.69, 9.17) is 10.9 Å². The molecule has 0 heterocycles. The van der Waals surface area contributed by atoms with Crippen LogP contribution in [0.25, 0.3) is 0 Å². The standard InChI is InChI=1S/C11H14FN3O3/c1-6(10(13)14-18)15(2)11(17)8-5-7(12)3-4-9(8)16/h3-6,16,18H,1-2H3,(H2,13,14). The first-order chi connectivity index (χ1) is 8.38. The van der Waals surface area contributed by atoms with Crippen LogP contribution in [0.4, 0.5) is 4.39 Å². The van der Waals surface area contributed by atoms with Gasteiger partial charge in [-0.05, 0) is 25.1 Å². The first-order valence-electron chi connectivity index (χ1n) is 5.11. The van der Waals surface area contributed by atoms with Crippen molar-refractivity contribution in [3.8, 4) is 5.75 Å². The zero-order chi connectivity index (χ0) is 13.9. The Labute approximate surface area is 103 Å². The van der Waals surface area contributed by atoms with E-state index < -0.39 is 17.8 Å². The zero-order valence-electron chi connectivity index (χ0n) is 9.96. The number of amidine groups is 1. The lowest BCUT2D eigenvalue weighted by molar-refractivity contribution is 0.0772. The lowest BCUT2D eigenvalue weighted by Crippen LogP contribution is -2.43. The molecular weight excluding hydrogens is 241 g/mol. The van der Waals surface area contributed by atoms with Crippen molar-refractivity contribution in [2.75, 3.05) is 7.05 Å². The van der Waals surface area contributed by atoms with Gasteiger partial charge in [0.1, 0.15) is 11.6 Å². The van der Waals surface area contributed by atoms with Crippen molar-refractivity contribution in [1.29, 1.82) is 0 Å². The maximum absolute atomic E-state index is 13.0.